The van der Waals surface area contributed by atoms with Gasteiger partial charge in [-0.1, -0.05) is 17.7 Å². The summed E-state index contributed by atoms with van der Waals surface area (Å²) in [5.74, 6) is 0. The summed E-state index contributed by atoms with van der Waals surface area (Å²) in [7, 11) is -1.88. The first kappa shape index (κ1) is 11.1. The van der Waals surface area contributed by atoms with E-state index in [2.05, 4.69) is 0 Å². The lowest BCUT2D eigenvalue weighted by atomic mass is 9.78. The summed E-state index contributed by atoms with van der Waals surface area (Å²) in [6.45, 7) is 1.46. The van der Waals surface area contributed by atoms with Crippen LogP contribution in [0.5, 0.6) is 0 Å². The van der Waals surface area contributed by atoms with E-state index in [9.17, 15) is 13.2 Å². The van der Waals surface area contributed by atoms with E-state index in [1.807, 2.05) is 0 Å². The lowest BCUT2D eigenvalue weighted by Gasteiger charge is -2.09. The van der Waals surface area contributed by atoms with E-state index in [0.717, 1.165) is 12.1 Å². The number of alkyl halides is 3. The maximum atomic E-state index is 12.2. The van der Waals surface area contributed by atoms with E-state index in [1.165, 1.54) is 13.0 Å². The first-order chi connectivity index (χ1) is 6.30. The molecular formula is C8H8BF3O2. The van der Waals surface area contributed by atoms with Crippen molar-refractivity contribution in [1.82, 2.24) is 0 Å². The fraction of sp³-hybridized carbons (Fsp3) is 0.250. The Hall–Kier alpha value is -1.01. The van der Waals surface area contributed by atoms with E-state index in [4.69, 9.17) is 10.0 Å². The number of aryl methyl sites for hydroxylation is 1. The van der Waals surface area contributed by atoms with Gasteiger partial charge < -0.3 is 10.0 Å². The molecule has 14 heavy (non-hydrogen) atoms. The van der Waals surface area contributed by atoms with Gasteiger partial charge in [-0.25, -0.2) is 0 Å². The Labute approximate surface area is 79.1 Å². The smallest absolute Gasteiger partial charge is 0.423 e. The third kappa shape index (κ3) is 2.49. The first-order valence-corrected chi connectivity index (χ1v) is 3.85. The molecule has 0 saturated carbocycles. The standard InChI is InChI=1S/C8H8BF3O2/c1-5-2-6(8(10,11)12)4-7(3-5)9(13)14/h2-4,13-14H,1H3. The second-order valence-corrected chi connectivity index (χ2v) is 3.00. The minimum absolute atomic E-state index is 0.155. The minimum atomic E-state index is -4.46. The molecule has 1 aromatic carbocycles. The van der Waals surface area contributed by atoms with Crippen molar-refractivity contribution in [1.29, 1.82) is 0 Å². The van der Waals surface area contributed by atoms with E-state index < -0.39 is 18.9 Å². The van der Waals surface area contributed by atoms with Crippen LogP contribution in [0, 0.1) is 6.92 Å². The van der Waals surface area contributed by atoms with Gasteiger partial charge in [0, 0.05) is 0 Å². The summed E-state index contributed by atoms with van der Waals surface area (Å²) in [4.78, 5) is 0. The van der Waals surface area contributed by atoms with Crippen LogP contribution >= 0.6 is 0 Å². The topological polar surface area (TPSA) is 40.5 Å². The molecule has 0 saturated heterocycles. The first-order valence-electron chi connectivity index (χ1n) is 3.85. The zero-order chi connectivity index (χ0) is 10.9. The van der Waals surface area contributed by atoms with Crippen LogP contribution < -0.4 is 5.46 Å². The highest BCUT2D eigenvalue weighted by Gasteiger charge is 2.31. The lowest BCUT2D eigenvalue weighted by Crippen LogP contribution is -2.31. The highest BCUT2D eigenvalue weighted by atomic mass is 19.4. The van der Waals surface area contributed by atoms with Crippen molar-refractivity contribution in [3.05, 3.63) is 29.3 Å². The maximum absolute atomic E-state index is 12.2. The van der Waals surface area contributed by atoms with Gasteiger partial charge >= 0.3 is 13.3 Å². The average molecular weight is 204 g/mol. The second-order valence-electron chi connectivity index (χ2n) is 3.00. The van der Waals surface area contributed by atoms with Crippen LogP contribution in [0.4, 0.5) is 13.2 Å². The quantitative estimate of drug-likeness (QED) is 0.660. The van der Waals surface area contributed by atoms with Crippen molar-refractivity contribution in [3.8, 4) is 0 Å². The number of hydrogen-bond donors (Lipinski definition) is 2. The Bertz CT molecular complexity index is 336. The molecule has 0 heterocycles. The van der Waals surface area contributed by atoms with Crippen molar-refractivity contribution >= 4 is 12.6 Å². The van der Waals surface area contributed by atoms with Crippen molar-refractivity contribution in [2.75, 3.05) is 0 Å². The van der Waals surface area contributed by atoms with Crippen LogP contribution in [0.25, 0.3) is 0 Å². The molecule has 2 nitrogen and oxygen atoms in total. The van der Waals surface area contributed by atoms with Crippen LogP contribution in [0.3, 0.4) is 0 Å². The molecule has 0 radical (unpaired) electrons. The van der Waals surface area contributed by atoms with Gasteiger partial charge in [0.25, 0.3) is 0 Å². The Morgan fingerprint density at radius 3 is 2.14 bits per heavy atom. The van der Waals surface area contributed by atoms with Crippen LogP contribution in [0.15, 0.2) is 18.2 Å². The molecule has 2 N–H and O–H groups in total. The zero-order valence-electron chi connectivity index (χ0n) is 7.34. The monoisotopic (exact) mass is 204 g/mol. The maximum Gasteiger partial charge on any atom is 0.488 e. The molecule has 0 aromatic heterocycles. The van der Waals surface area contributed by atoms with Crippen LogP contribution in [-0.4, -0.2) is 17.2 Å². The molecule has 0 aliphatic rings. The van der Waals surface area contributed by atoms with Crippen molar-refractivity contribution in [2.24, 2.45) is 0 Å². The third-order valence-electron chi connectivity index (χ3n) is 1.73. The SMILES string of the molecule is Cc1cc(B(O)O)cc(C(F)(F)F)c1. The van der Waals surface area contributed by atoms with Crippen molar-refractivity contribution < 1.29 is 23.2 Å². The molecule has 0 bridgehead atoms. The number of hydrogen-bond acceptors (Lipinski definition) is 2. The molecule has 0 aliphatic carbocycles. The van der Waals surface area contributed by atoms with Gasteiger partial charge in [-0.05, 0) is 18.5 Å². The van der Waals surface area contributed by atoms with Crippen molar-refractivity contribution in [2.45, 2.75) is 13.1 Å². The summed E-state index contributed by atoms with van der Waals surface area (Å²) < 4.78 is 36.7. The summed E-state index contributed by atoms with van der Waals surface area (Å²) in [6, 6.07) is 2.96. The van der Waals surface area contributed by atoms with Crippen LogP contribution in [-0.2, 0) is 6.18 Å². The van der Waals surface area contributed by atoms with Gasteiger partial charge in [0.1, 0.15) is 0 Å². The fourth-order valence-electron chi connectivity index (χ4n) is 1.13. The summed E-state index contributed by atoms with van der Waals surface area (Å²) in [6.07, 6.45) is -4.46. The minimum Gasteiger partial charge on any atom is -0.423 e. The average Bonchev–Trinajstić information content (AvgIpc) is 2.01. The molecule has 6 heteroatoms. The molecule has 0 fully saturated rings. The van der Waals surface area contributed by atoms with E-state index in [1.54, 1.807) is 0 Å². The molecular weight excluding hydrogens is 196 g/mol. The zero-order valence-corrected chi connectivity index (χ0v) is 7.34. The van der Waals surface area contributed by atoms with Gasteiger partial charge in [-0.15, -0.1) is 0 Å². The molecule has 1 aromatic rings. The molecule has 0 amide bonds. The number of halogens is 3. The summed E-state index contributed by atoms with van der Waals surface area (Å²) >= 11 is 0. The van der Waals surface area contributed by atoms with E-state index >= 15 is 0 Å². The van der Waals surface area contributed by atoms with E-state index in [0.29, 0.717) is 5.56 Å². The predicted molar refractivity (Wildman–Crippen MR) is 46.0 cm³/mol. The van der Waals surface area contributed by atoms with Gasteiger partial charge in [0.2, 0.25) is 0 Å². The van der Waals surface area contributed by atoms with Gasteiger partial charge in [-0.3, -0.25) is 0 Å². The molecule has 76 valence electrons. The predicted octanol–water partition coefficient (Wildman–Crippen LogP) is 0.694. The normalized spacial score (nSPS) is 11.6. The Morgan fingerprint density at radius 2 is 1.71 bits per heavy atom. The highest BCUT2D eigenvalue weighted by molar-refractivity contribution is 6.58. The van der Waals surface area contributed by atoms with Gasteiger partial charge in [-0.2, -0.15) is 13.2 Å². The van der Waals surface area contributed by atoms with Crippen LogP contribution in [0.1, 0.15) is 11.1 Å². The number of benzene rings is 1. The Morgan fingerprint density at radius 1 is 1.14 bits per heavy atom. The Balaban J connectivity index is 3.21. The summed E-state index contributed by atoms with van der Waals surface area (Å²) in [5.41, 5.74) is -0.694. The lowest BCUT2D eigenvalue weighted by molar-refractivity contribution is -0.137. The van der Waals surface area contributed by atoms with Gasteiger partial charge in [0.15, 0.2) is 0 Å². The van der Waals surface area contributed by atoms with Crippen LogP contribution in [0.2, 0.25) is 0 Å². The second kappa shape index (κ2) is 3.63. The Kier molecular flexibility index (Phi) is 2.87. The molecule has 0 atom stereocenters. The third-order valence-corrected chi connectivity index (χ3v) is 1.73. The molecule has 0 unspecified atom stereocenters. The molecule has 0 spiro atoms. The van der Waals surface area contributed by atoms with Gasteiger partial charge in [0.05, 0.1) is 5.56 Å². The molecule has 1 rings (SSSR count). The fourth-order valence-corrected chi connectivity index (χ4v) is 1.13. The van der Waals surface area contributed by atoms with E-state index in [-0.39, 0.29) is 5.46 Å². The van der Waals surface area contributed by atoms with Crippen molar-refractivity contribution in [3.63, 3.8) is 0 Å². The largest absolute Gasteiger partial charge is 0.488 e. The summed E-state index contributed by atoms with van der Waals surface area (Å²) in [5, 5.41) is 17.5. The number of rotatable bonds is 1. The highest BCUT2D eigenvalue weighted by Crippen LogP contribution is 2.28. The molecule has 0 aliphatic heterocycles.